The Hall–Kier alpha value is -1.62. The van der Waals surface area contributed by atoms with Gasteiger partial charge < -0.3 is 5.11 Å². The van der Waals surface area contributed by atoms with Gasteiger partial charge in [0.2, 0.25) is 10.0 Å². The Labute approximate surface area is 128 Å². The van der Waals surface area contributed by atoms with Crippen molar-refractivity contribution in [1.82, 2.24) is 4.31 Å². The first-order valence-corrected chi connectivity index (χ1v) is 7.83. The van der Waals surface area contributed by atoms with Crippen molar-refractivity contribution < 1.29 is 18.3 Å². The molecule has 0 aliphatic rings. The van der Waals surface area contributed by atoms with E-state index in [1.54, 1.807) is 6.92 Å². The number of halogens is 1. The van der Waals surface area contributed by atoms with Gasteiger partial charge in [-0.2, -0.15) is 9.57 Å². The minimum Gasteiger partial charge on any atom is -0.478 e. The van der Waals surface area contributed by atoms with E-state index in [0.29, 0.717) is 0 Å². The van der Waals surface area contributed by atoms with E-state index in [-0.39, 0.29) is 27.5 Å². The summed E-state index contributed by atoms with van der Waals surface area (Å²) in [5.74, 6) is -1.25. The normalized spacial score (nSPS) is 13.0. The molecule has 1 rings (SSSR count). The highest BCUT2D eigenvalue weighted by atomic mass is 35.5. The third-order valence-corrected chi connectivity index (χ3v) is 5.54. The highest BCUT2D eigenvalue weighted by Gasteiger charge is 2.29. The summed E-state index contributed by atoms with van der Waals surface area (Å²) in [6.45, 7) is 3.01. The Balaban J connectivity index is 3.46. The van der Waals surface area contributed by atoms with Gasteiger partial charge in [-0.25, -0.2) is 13.2 Å². The van der Waals surface area contributed by atoms with Crippen LogP contribution in [0.15, 0.2) is 17.0 Å². The molecule has 1 unspecified atom stereocenters. The Bertz CT molecular complexity index is 710. The summed E-state index contributed by atoms with van der Waals surface area (Å²) in [4.78, 5) is 11.0. The fourth-order valence-corrected chi connectivity index (χ4v) is 3.71. The zero-order valence-electron chi connectivity index (χ0n) is 11.8. The van der Waals surface area contributed by atoms with Crippen LogP contribution < -0.4 is 0 Å². The van der Waals surface area contributed by atoms with Gasteiger partial charge in [0.25, 0.3) is 0 Å². The van der Waals surface area contributed by atoms with Crippen LogP contribution in [0.2, 0.25) is 5.02 Å². The SMILES string of the molecule is Cc1c(C(=O)O)cc(Cl)cc1S(=O)(=O)N(C)C(C)CC#N. The average Bonchev–Trinajstić information content (AvgIpc) is 2.39. The summed E-state index contributed by atoms with van der Waals surface area (Å²) in [7, 11) is -2.59. The summed E-state index contributed by atoms with van der Waals surface area (Å²) >= 11 is 5.82. The van der Waals surface area contributed by atoms with Gasteiger partial charge in [0.1, 0.15) is 0 Å². The van der Waals surface area contributed by atoms with Crippen molar-refractivity contribution in [3.8, 4) is 6.07 Å². The molecule has 1 aromatic rings. The van der Waals surface area contributed by atoms with Gasteiger partial charge >= 0.3 is 5.97 Å². The van der Waals surface area contributed by atoms with E-state index >= 15 is 0 Å². The molecule has 0 bridgehead atoms. The summed E-state index contributed by atoms with van der Waals surface area (Å²) in [5, 5.41) is 17.8. The average molecular weight is 331 g/mol. The minimum atomic E-state index is -3.94. The number of sulfonamides is 1. The first kappa shape index (κ1) is 17.4. The topological polar surface area (TPSA) is 98.5 Å². The highest BCUT2D eigenvalue weighted by molar-refractivity contribution is 7.89. The number of nitriles is 1. The van der Waals surface area contributed by atoms with Gasteiger partial charge in [0.15, 0.2) is 0 Å². The summed E-state index contributed by atoms with van der Waals surface area (Å²) in [6, 6.07) is 3.79. The molecule has 0 aliphatic carbocycles. The molecule has 1 atom stereocenters. The molecule has 0 aromatic heterocycles. The van der Waals surface area contributed by atoms with Gasteiger partial charge in [-0.05, 0) is 31.5 Å². The van der Waals surface area contributed by atoms with Crippen LogP contribution in [0, 0.1) is 18.3 Å². The monoisotopic (exact) mass is 330 g/mol. The quantitative estimate of drug-likeness (QED) is 0.892. The lowest BCUT2D eigenvalue weighted by Crippen LogP contribution is -2.35. The number of aromatic carboxylic acids is 1. The third-order valence-electron chi connectivity index (χ3n) is 3.22. The number of hydrogen-bond acceptors (Lipinski definition) is 4. The molecule has 114 valence electrons. The molecular weight excluding hydrogens is 316 g/mol. The van der Waals surface area contributed by atoms with Gasteiger partial charge in [-0.15, -0.1) is 0 Å². The molecule has 0 aliphatic heterocycles. The van der Waals surface area contributed by atoms with Crippen molar-refractivity contribution in [3.05, 3.63) is 28.3 Å². The van der Waals surface area contributed by atoms with E-state index in [1.807, 2.05) is 6.07 Å². The van der Waals surface area contributed by atoms with Gasteiger partial charge in [0.05, 0.1) is 22.9 Å². The van der Waals surface area contributed by atoms with Gasteiger partial charge in [-0.3, -0.25) is 0 Å². The second-order valence-corrected chi connectivity index (χ2v) is 7.02. The third kappa shape index (κ3) is 3.53. The van der Waals surface area contributed by atoms with Crippen molar-refractivity contribution in [2.75, 3.05) is 7.05 Å². The van der Waals surface area contributed by atoms with E-state index in [9.17, 15) is 13.2 Å². The van der Waals surface area contributed by atoms with Crippen LogP contribution in [0.1, 0.15) is 29.3 Å². The molecule has 1 N–H and O–H groups in total. The number of hydrogen-bond donors (Lipinski definition) is 1. The fourth-order valence-electron chi connectivity index (χ4n) is 1.80. The van der Waals surface area contributed by atoms with Crippen molar-refractivity contribution in [2.24, 2.45) is 0 Å². The van der Waals surface area contributed by atoms with E-state index in [2.05, 4.69) is 0 Å². The van der Waals surface area contributed by atoms with E-state index in [1.165, 1.54) is 26.1 Å². The number of rotatable bonds is 5. The molecule has 0 saturated heterocycles. The van der Waals surface area contributed by atoms with Crippen molar-refractivity contribution >= 4 is 27.6 Å². The van der Waals surface area contributed by atoms with Crippen molar-refractivity contribution in [2.45, 2.75) is 31.2 Å². The lowest BCUT2D eigenvalue weighted by Gasteiger charge is -2.23. The van der Waals surface area contributed by atoms with Crippen LogP contribution in [0.25, 0.3) is 0 Å². The molecule has 0 radical (unpaired) electrons. The fraction of sp³-hybridized carbons (Fsp3) is 0.385. The van der Waals surface area contributed by atoms with E-state index in [4.69, 9.17) is 22.0 Å². The second kappa shape index (κ2) is 6.43. The van der Waals surface area contributed by atoms with Crippen LogP contribution in [0.5, 0.6) is 0 Å². The molecule has 21 heavy (non-hydrogen) atoms. The Morgan fingerprint density at radius 1 is 1.52 bits per heavy atom. The molecule has 0 amide bonds. The largest absolute Gasteiger partial charge is 0.478 e. The molecule has 6 nitrogen and oxygen atoms in total. The number of carbonyl (C=O) groups is 1. The molecule has 0 spiro atoms. The second-order valence-electron chi connectivity index (χ2n) is 4.61. The molecular formula is C13H15ClN2O4S. The molecule has 0 saturated carbocycles. The Kier molecular flexibility index (Phi) is 5.34. The minimum absolute atomic E-state index is 0.0258. The maximum atomic E-state index is 12.6. The number of nitrogens with zero attached hydrogens (tertiary/aromatic N) is 2. The number of carboxylic acid groups (broad SMARTS) is 1. The molecule has 0 fully saturated rings. The summed E-state index contributed by atoms with van der Waals surface area (Å²) in [5.41, 5.74) is -0.0506. The van der Waals surface area contributed by atoms with E-state index < -0.39 is 22.0 Å². The predicted molar refractivity (Wildman–Crippen MR) is 77.8 cm³/mol. The molecule has 1 aromatic carbocycles. The van der Waals surface area contributed by atoms with Crippen LogP contribution in [-0.4, -0.2) is 36.9 Å². The van der Waals surface area contributed by atoms with Crippen LogP contribution >= 0.6 is 11.6 Å². The summed E-state index contributed by atoms with van der Waals surface area (Å²) in [6.07, 6.45) is 0.0289. The van der Waals surface area contributed by atoms with Gasteiger partial charge in [0, 0.05) is 18.1 Å². The first-order chi connectivity index (χ1) is 9.62. The maximum absolute atomic E-state index is 12.6. The zero-order chi connectivity index (χ0) is 16.4. The Morgan fingerprint density at radius 3 is 2.57 bits per heavy atom. The smallest absolute Gasteiger partial charge is 0.336 e. The highest BCUT2D eigenvalue weighted by Crippen LogP contribution is 2.27. The van der Waals surface area contributed by atoms with E-state index in [0.717, 1.165) is 4.31 Å². The van der Waals surface area contributed by atoms with Crippen molar-refractivity contribution in [3.63, 3.8) is 0 Å². The first-order valence-electron chi connectivity index (χ1n) is 6.01. The van der Waals surface area contributed by atoms with Crippen LogP contribution in [-0.2, 0) is 10.0 Å². The maximum Gasteiger partial charge on any atom is 0.336 e. The van der Waals surface area contributed by atoms with Crippen molar-refractivity contribution in [1.29, 1.82) is 5.26 Å². The molecule has 0 heterocycles. The number of carboxylic acids is 1. The van der Waals surface area contributed by atoms with Gasteiger partial charge in [-0.1, -0.05) is 11.6 Å². The number of benzene rings is 1. The predicted octanol–water partition coefficient (Wildman–Crippen LogP) is 2.27. The molecule has 8 heteroatoms. The zero-order valence-corrected chi connectivity index (χ0v) is 13.4. The van der Waals surface area contributed by atoms with Crippen LogP contribution in [0.4, 0.5) is 0 Å². The lowest BCUT2D eigenvalue weighted by atomic mass is 10.1. The standard InChI is InChI=1S/C13H15ClN2O4S/c1-8(4-5-15)16(3)21(19,20)12-7-10(14)6-11(9(12)2)13(17)18/h6-8H,4H2,1-3H3,(H,17,18). The summed E-state index contributed by atoms with van der Waals surface area (Å²) < 4.78 is 26.2. The Morgan fingerprint density at radius 2 is 2.10 bits per heavy atom. The lowest BCUT2D eigenvalue weighted by molar-refractivity contribution is 0.0696. The van der Waals surface area contributed by atoms with Crippen LogP contribution in [0.3, 0.4) is 0 Å².